The second-order valence-electron chi connectivity index (χ2n) is 8.15. The van der Waals surface area contributed by atoms with E-state index in [0.29, 0.717) is 30.8 Å². The molecule has 3 aromatic carbocycles. The van der Waals surface area contributed by atoms with Gasteiger partial charge in [-0.25, -0.2) is 9.97 Å². The second-order valence-corrected chi connectivity index (χ2v) is 8.15. The molecular weight excluding hydrogens is 438 g/mol. The van der Waals surface area contributed by atoms with Crippen LogP contribution in [0.2, 0.25) is 0 Å². The summed E-state index contributed by atoms with van der Waals surface area (Å²) in [7, 11) is 0. The predicted molar refractivity (Wildman–Crippen MR) is 140 cm³/mol. The maximum atomic E-state index is 12.6. The van der Waals surface area contributed by atoms with Gasteiger partial charge in [0.15, 0.2) is 0 Å². The molecule has 1 heterocycles. The number of fused-ring (bicyclic) bond motifs is 1. The lowest BCUT2D eigenvalue weighted by Gasteiger charge is -2.13. The van der Waals surface area contributed by atoms with E-state index in [-0.39, 0.29) is 5.91 Å². The van der Waals surface area contributed by atoms with Gasteiger partial charge in [-0.3, -0.25) is 4.79 Å². The molecule has 0 aliphatic heterocycles. The summed E-state index contributed by atoms with van der Waals surface area (Å²) in [6, 6.07) is 21.2. The molecule has 4 rings (SSSR count). The van der Waals surface area contributed by atoms with Crippen molar-refractivity contribution in [3.63, 3.8) is 0 Å². The topological polar surface area (TPSA) is 73.3 Å². The Morgan fingerprint density at radius 1 is 0.743 bits per heavy atom. The monoisotopic (exact) mass is 469 g/mol. The molecule has 6 nitrogen and oxygen atoms in total. The number of carbonyl (C=O) groups is 1. The largest absolute Gasteiger partial charge is 0.494 e. The summed E-state index contributed by atoms with van der Waals surface area (Å²) in [5, 5.41) is 2.97. The van der Waals surface area contributed by atoms with Gasteiger partial charge in [0.25, 0.3) is 5.91 Å². The summed E-state index contributed by atoms with van der Waals surface area (Å²) < 4.78 is 11.2. The highest BCUT2D eigenvalue weighted by Gasteiger charge is 2.15. The Hall–Kier alpha value is -3.93. The maximum Gasteiger partial charge on any atom is 0.251 e. The zero-order chi connectivity index (χ0) is 24.6. The number of carbonyl (C=O) groups excluding carboxylic acids is 1. The fraction of sp³-hybridized carbons (Fsp3) is 0.276. The first-order valence-electron chi connectivity index (χ1n) is 12.2. The molecule has 6 heteroatoms. The average Bonchev–Trinajstić information content (AvgIpc) is 2.89. The first-order chi connectivity index (χ1) is 17.1. The second kappa shape index (κ2) is 11.5. The zero-order valence-corrected chi connectivity index (χ0v) is 20.5. The predicted octanol–water partition coefficient (Wildman–Crippen LogP) is 6.29. The molecular formula is C29H31N3O3. The van der Waals surface area contributed by atoms with E-state index in [1.807, 2.05) is 74.5 Å². The van der Waals surface area contributed by atoms with Gasteiger partial charge in [0.05, 0.1) is 35.6 Å². The van der Waals surface area contributed by atoms with Crippen LogP contribution in [0, 0.1) is 0 Å². The third-order valence-electron chi connectivity index (χ3n) is 5.62. The van der Waals surface area contributed by atoms with E-state index in [9.17, 15) is 4.79 Å². The third kappa shape index (κ3) is 5.77. The van der Waals surface area contributed by atoms with Crippen LogP contribution in [0.25, 0.3) is 33.5 Å². The van der Waals surface area contributed by atoms with Crippen molar-refractivity contribution in [1.82, 2.24) is 15.3 Å². The van der Waals surface area contributed by atoms with Crippen molar-refractivity contribution in [3.05, 3.63) is 72.3 Å². The molecule has 0 aliphatic rings. The lowest BCUT2D eigenvalue weighted by Crippen LogP contribution is -2.24. The number of unbranched alkanes of at least 4 members (excludes halogenated alkanes) is 1. The molecule has 0 saturated carbocycles. The van der Waals surface area contributed by atoms with Gasteiger partial charge in [-0.1, -0.05) is 13.3 Å². The molecule has 0 bridgehead atoms. The smallest absolute Gasteiger partial charge is 0.251 e. The maximum absolute atomic E-state index is 12.6. The van der Waals surface area contributed by atoms with E-state index in [0.717, 1.165) is 52.4 Å². The summed E-state index contributed by atoms with van der Waals surface area (Å²) in [5.74, 6) is 1.52. The number of ether oxygens (including phenoxy) is 2. The molecule has 1 N–H and O–H groups in total. The van der Waals surface area contributed by atoms with Crippen LogP contribution >= 0.6 is 0 Å². The summed E-state index contributed by atoms with van der Waals surface area (Å²) in [4.78, 5) is 22.6. The molecule has 0 saturated heterocycles. The number of benzene rings is 3. The van der Waals surface area contributed by atoms with Crippen molar-refractivity contribution in [2.45, 2.75) is 33.6 Å². The first kappa shape index (κ1) is 24.2. The molecule has 180 valence electrons. The Balaban J connectivity index is 1.79. The Morgan fingerprint density at radius 2 is 1.29 bits per heavy atom. The van der Waals surface area contributed by atoms with Crippen molar-refractivity contribution >= 4 is 16.9 Å². The van der Waals surface area contributed by atoms with E-state index in [1.165, 1.54) is 0 Å². The van der Waals surface area contributed by atoms with Gasteiger partial charge in [0.1, 0.15) is 11.5 Å². The molecule has 0 unspecified atom stereocenters. The number of amides is 1. The molecule has 0 fully saturated rings. The van der Waals surface area contributed by atoms with E-state index in [1.54, 1.807) is 6.07 Å². The zero-order valence-electron chi connectivity index (χ0n) is 20.5. The molecule has 1 aromatic heterocycles. The van der Waals surface area contributed by atoms with Gasteiger partial charge < -0.3 is 14.8 Å². The number of nitrogens with zero attached hydrogens (tertiary/aromatic N) is 2. The standard InChI is InChI=1S/C29H31N3O3/c1-4-7-18-30-29(33)22-12-17-25-26(19-22)32-28(21-10-15-24(16-11-21)35-6-3)27(31-25)20-8-13-23(14-9-20)34-5-2/h8-17,19H,4-7,18H2,1-3H3,(H,30,33). The van der Waals surface area contributed by atoms with Gasteiger partial charge in [-0.2, -0.15) is 0 Å². The van der Waals surface area contributed by atoms with Crippen LogP contribution in [0.5, 0.6) is 11.5 Å². The van der Waals surface area contributed by atoms with E-state index >= 15 is 0 Å². The number of nitrogens with one attached hydrogen (secondary N) is 1. The van der Waals surface area contributed by atoms with Crippen molar-refractivity contribution in [3.8, 4) is 34.0 Å². The lowest BCUT2D eigenvalue weighted by molar-refractivity contribution is 0.0953. The molecule has 35 heavy (non-hydrogen) atoms. The van der Waals surface area contributed by atoms with Gasteiger partial charge in [-0.05, 0) is 87.0 Å². The molecule has 0 radical (unpaired) electrons. The SMILES string of the molecule is CCCCNC(=O)c1ccc2nc(-c3ccc(OCC)cc3)c(-c3ccc(OCC)cc3)nc2c1. The lowest BCUT2D eigenvalue weighted by atomic mass is 10.0. The Labute approximate surface area is 206 Å². The quantitative estimate of drug-likeness (QED) is 0.276. The highest BCUT2D eigenvalue weighted by Crippen LogP contribution is 2.33. The van der Waals surface area contributed by atoms with Crippen LogP contribution in [0.4, 0.5) is 0 Å². The van der Waals surface area contributed by atoms with E-state index in [2.05, 4.69) is 12.2 Å². The minimum atomic E-state index is -0.0969. The van der Waals surface area contributed by atoms with Crippen LogP contribution < -0.4 is 14.8 Å². The Bertz CT molecular complexity index is 1290. The Kier molecular flexibility index (Phi) is 7.93. The van der Waals surface area contributed by atoms with Gasteiger partial charge in [-0.15, -0.1) is 0 Å². The van der Waals surface area contributed by atoms with Crippen LogP contribution in [0.3, 0.4) is 0 Å². The van der Waals surface area contributed by atoms with Gasteiger partial charge in [0, 0.05) is 23.2 Å². The molecule has 1 amide bonds. The molecule has 0 spiro atoms. The summed E-state index contributed by atoms with van der Waals surface area (Å²) in [6.45, 7) is 7.90. The van der Waals surface area contributed by atoms with E-state index < -0.39 is 0 Å². The number of aromatic nitrogens is 2. The van der Waals surface area contributed by atoms with Crippen molar-refractivity contribution in [2.75, 3.05) is 19.8 Å². The fourth-order valence-corrected chi connectivity index (χ4v) is 3.83. The normalized spacial score (nSPS) is 10.8. The summed E-state index contributed by atoms with van der Waals surface area (Å²) in [5.41, 5.74) is 5.35. The summed E-state index contributed by atoms with van der Waals surface area (Å²) >= 11 is 0. The van der Waals surface area contributed by atoms with Crippen molar-refractivity contribution < 1.29 is 14.3 Å². The molecule has 0 aliphatic carbocycles. The number of hydrogen-bond acceptors (Lipinski definition) is 5. The van der Waals surface area contributed by atoms with Gasteiger partial charge >= 0.3 is 0 Å². The Morgan fingerprint density at radius 3 is 1.80 bits per heavy atom. The van der Waals surface area contributed by atoms with Crippen LogP contribution in [-0.4, -0.2) is 35.6 Å². The van der Waals surface area contributed by atoms with Crippen LogP contribution in [-0.2, 0) is 0 Å². The minimum Gasteiger partial charge on any atom is -0.494 e. The van der Waals surface area contributed by atoms with Crippen LogP contribution in [0.1, 0.15) is 44.0 Å². The highest BCUT2D eigenvalue weighted by atomic mass is 16.5. The van der Waals surface area contributed by atoms with E-state index in [4.69, 9.17) is 19.4 Å². The number of rotatable bonds is 10. The minimum absolute atomic E-state index is 0.0969. The molecule has 0 atom stereocenters. The fourth-order valence-electron chi connectivity index (χ4n) is 3.83. The van der Waals surface area contributed by atoms with Gasteiger partial charge in [0.2, 0.25) is 0 Å². The van der Waals surface area contributed by atoms with Crippen LogP contribution in [0.15, 0.2) is 66.7 Å². The highest BCUT2D eigenvalue weighted by molar-refractivity contribution is 5.98. The number of hydrogen-bond donors (Lipinski definition) is 1. The molecule has 4 aromatic rings. The first-order valence-corrected chi connectivity index (χ1v) is 12.2. The van der Waals surface area contributed by atoms with Crippen molar-refractivity contribution in [1.29, 1.82) is 0 Å². The third-order valence-corrected chi connectivity index (χ3v) is 5.62. The van der Waals surface area contributed by atoms with Crippen molar-refractivity contribution in [2.24, 2.45) is 0 Å². The average molecular weight is 470 g/mol. The summed E-state index contributed by atoms with van der Waals surface area (Å²) in [6.07, 6.45) is 1.98.